The smallest absolute Gasteiger partial charge is 0.273 e. The summed E-state index contributed by atoms with van der Waals surface area (Å²) in [4.78, 5) is 28.3. The van der Waals surface area contributed by atoms with E-state index >= 15 is 0 Å². The maximum Gasteiger partial charge on any atom is 0.273 e. The van der Waals surface area contributed by atoms with Gasteiger partial charge in [-0.05, 0) is 54.1 Å². The number of carbonyl (C=O) groups is 1. The molecule has 0 unspecified atom stereocenters. The van der Waals surface area contributed by atoms with Gasteiger partial charge in [0, 0.05) is 28.2 Å². The number of benzene rings is 3. The van der Waals surface area contributed by atoms with Crippen molar-refractivity contribution in [3.05, 3.63) is 86.4 Å². The number of nitrogens with zero attached hydrogens (tertiary/aromatic N) is 4. The van der Waals surface area contributed by atoms with E-state index in [0.29, 0.717) is 39.0 Å². The first-order valence-electron chi connectivity index (χ1n) is 11.0. The molecule has 0 aliphatic rings. The lowest BCUT2D eigenvalue weighted by molar-refractivity contribution is -0.384. The molecule has 0 fully saturated rings. The van der Waals surface area contributed by atoms with Crippen molar-refractivity contribution in [2.75, 3.05) is 26.3 Å². The number of nitro benzene ring substituents is 1. The minimum atomic E-state index is -0.482. The number of methoxy groups -OCH3 is 3. The second-order valence-corrected chi connectivity index (χ2v) is 9.57. The van der Waals surface area contributed by atoms with Gasteiger partial charge in [0.15, 0.2) is 11.5 Å². The normalized spacial score (nSPS) is 11.3. The fraction of sp³-hybridized carbons (Fsp3) is 0.115. The average molecular weight is 597 g/mol. The Morgan fingerprint density at radius 3 is 2.32 bits per heavy atom. The second kappa shape index (κ2) is 11.8. The second-order valence-electron chi connectivity index (χ2n) is 7.64. The highest BCUT2D eigenvalue weighted by molar-refractivity contribution is 9.10. The summed E-state index contributed by atoms with van der Waals surface area (Å²) in [7, 11) is 4.53. The number of rotatable bonds is 9. The molecule has 0 radical (unpaired) electrons. The molecule has 0 aliphatic heterocycles. The van der Waals surface area contributed by atoms with Crippen molar-refractivity contribution in [3.63, 3.8) is 0 Å². The minimum absolute atomic E-state index is 0.0364. The Morgan fingerprint density at radius 1 is 1.03 bits per heavy atom. The Labute approximate surface area is 230 Å². The van der Waals surface area contributed by atoms with Crippen molar-refractivity contribution in [3.8, 4) is 17.2 Å². The summed E-state index contributed by atoms with van der Waals surface area (Å²) in [5.41, 5.74) is 1.89. The van der Waals surface area contributed by atoms with Crippen molar-refractivity contribution in [2.24, 2.45) is 5.10 Å². The Hall–Kier alpha value is -4.29. The molecule has 1 heterocycles. The van der Waals surface area contributed by atoms with E-state index in [1.54, 1.807) is 30.3 Å². The Balaban J connectivity index is 1.71. The van der Waals surface area contributed by atoms with Crippen LogP contribution in [0.2, 0.25) is 0 Å². The van der Waals surface area contributed by atoms with Crippen LogP contribution in [-0.4, -0.2) is 43.4 Å². The average Bonchev–Trinajstić information content (AvgIpc) is 3.34. The van der Waals surface area contributed by atoms with Crippen molar-refractivity contribution in [1.29, 1.82) is 0 Å². The number of thiazole rings is 1. The van der Waals surface area contributed by atoms with Crippen LogP contribution < -0.4 is 19.2 Å². The predicted molar refractivity (Wildman–Crippen MR) is 151 cm³/mol. The molecular formula is C26H21BrN4O6S. The van der Waals surface area contributed by atoms with Gasteiger partial charge in [-0.15, -0.1) is 0 Å². The van der Waals surface area contributed by atoms with Gasteiger partial charge in [0.25, 0.3) is 11.6 Å². The molecule has 1 amide bonds. The summed E-state index contributed by atoms with van der Waals surface area (Å²) in [5, 5.41) is 16.9. The molecule has 0 spiro atoms. The molecule has 0 bridgehead atoms. The number of hydrazone groups is 1. The van der Waals surface area contributed by atoms with E-state index in [1.165, 1.54) is 62.1 Å². The van der Waals surface area contributed by atoms with Crippen LogP contribution in [0.1, 0.15) is 11.1 Å². The number of carbonyl (C=O) groups excluding carboxylic acids is 1. The van der Waals surface area contributed by atoms with Crippen LogP contribution in [0.25, 0.3) is 16.3 Å². The monoisotopic (exact) mass is 596 g/mol. The van der Waals surface area contributed by atoms with Gasteiger partial charge in [0.05, 0.1) is 42.7 Å². The van der Waals surface area contributed by atoms with Gasteiger partial charge in [-0.3, -0.25) is 14.9 Å². The number of ether oxygens (including phenoxy) is 3. The fourth-order valence-corrected chi connectivity index (χ4v) is 4.90. The van der Waals surface area contributed by atoms with Crippen molar-refractivity contribution >= 4 is 66.5 Å². The molecule has 10 nitrogen and oxygen atoms in total. The van der Waals surface area contributed by atoms with Crippen LogP contribution in [0.3, 0.4) is 0 Å². The molecule has 3 aromatic carbocycles. The summed E-state index contributed by atoms with van der Waals surface area (Å²) in [6, 6.07) is 14.9. The lowest BCUT2D eigenvalue weighted by Gasteiger charge is -2.14. The van der Waals surface area contributed by atoms with Crippen LogP contribution in [-0.2, 0) is 4.79 Å². The summed E-state index contributed by atoms with van der Waals surface area (Å²) >= 11 is 4.76. The van der Waals surface area contributed by atoms with E-state index in [4.69, 9.17) is 14.2 Å². The zero-order valence-electron chi connectivity index (χ0n) is 20.5. The number of hydrogen-bond donors (Lipinski definition) is 0. The number of hydrogen-bond acceptors (Lipinski definition) is 9. The first-order valence-corrected chi connectivity index (χ1v) is 12.6. The van der Waals surface area contributed by atoms with Crippen molar-refractivity contribution in [1.82, 2.24) is 4.98 Å². The summed E-state index contributed by atoms with van der Waals surface area (Å²) in [5.74, 6) is 0.844. The predicted octanol–water partition coefficient (Wildman–Crippen LogP) is 6.07. The van der Waals surface area contributed by atoms with Crippen LogP contribution in [0, 0.1) is 10.1 Å². The zero-order valence-corrected chi connectivity index (χ0v) is 22.9. The molecule has 0 saturated heterocycles. The fourth-order valence-electron chi connectivity index (χ4n) is 3.42. The molecule has 12 heteroatoms. The molecule has 4 aromatic rings. The van der Waals surface area contributed by atoms with Gasteiger partial charge in [0.2, 0.25) is 10.9 Å². The van der Waals surface area contributed by atoms with Crippen LogP contribution >= 0.6 is 27.3 Å². The summed E-state index contributed by atoms with van der Waals surface area (Å²) < 4.78 is 17.9. The van der Waals surface area contributed by atoms with Crippen LogP contribution in [0.5, 0.6) is 17.2 Å². The van der Waals surface area contributed by atoms with Gasteiger partial charge < -0.3 is 14.2 Å². The molecule has 38 heavy (non-hydrogen) atoms. The number of halogens is 1. The molecule has 0 aliphatic carbocycles. The number of aromatic nitrogens is 1. The largest absolute Gasteiger partial charge is 0.493 e. The van der Waals surface area contributed by atoms with Gasteiger partial charge in [-0.2, -0.15) is 10.1 Å². The van der Waals surface area contributed by atoms with Crippen molar-refractivity contribution < 1.29 is 23.9 Å². The maximum atomic E-state index is 13.3. The highest BCUT2D eigenvalue weighted by Crippen LogP contribution is 2.38. The Kier molecular flexibility index (Phi) is 8.34. The molecule has 0 saturated carbocycles. The third-order valence-electron chi connectivity index (χ3n) is 5.26. The third kappa shape index (κ3) is 5.98. The highest BCUT2D eigenvalue weighted by atomic mass is 79.9. The van der Waals surface area contributed by atoms with Gasteiger partial charge in [-0.1, -0.05) is 27.3 Å². The standard InChI is InChI=1S/C26H21BrN4O6S/c1-35-21-12-17(13-22(36-2)25(21)37-3)15-28-30(26-29-20-10-7-18(27)14-23(20)38-26)24(32)11-6-16-4-8-19(9-5-16)31(33)34/h4-15H,1-3H3/b11-6+,28-15+. The first kappa shape index (κ1) is 26.8. The number of fused-ring (bicyclic) bond motifs is 1. The first-order chi connectivity index (χ1) is 18.3. The Morgan fingerprint density at radius 2 is 1.71 bits per heavy atom. The molecular weight excluding hydrogens is 576 g/mol. The number of non-ortho nitro benzene ring substituents is 1. The maximum absolute atomic E-state index is 13.3. The number of amides is 1. The van der Waals surface area contributed by atoms with E-state index < -0.39 is 10.8 Å². The van der Waals surface area contributed by atoms with E-state index in [-0.39, 0.29) is 5.69 Å². The molecule has 0 atom stereocenters. The molecule has 194 valence electrons. The quantitative estimate of drug-likeness (QED) is 0.0995. The Bertz CT molecular complexity index is 1530. The van der Waals surface area contributed by atoms with Crippen molar-refractivity contribution in [2.45, 2.75) is 0 Å². The molecule has 4 rings (SSSR count). The SMILES string of the molecule is COc1cc(/C=N/N(C(=O)/C=C/c2ccc([N+](=O)[O-])cc2)c2nc3ccc(Br)cc3s2)cc(OC)c1OC. The van der Waals surface area contributed by atoms with Gasteiger partial charge in [0.1, 0.15) is 0 Å². The summed E-state index contributed by atoms with van der Waals surface area (Å²) in [6.45, 7) is 0. The van der Waals surface area contributed by atoms with E-state index in [9.17, 15) is 14.9 Å². The third-order valence-corrected chi connectivity index (χ3v) is 6.75. The van der Waals surface area contributed by atoms with Gasteiger partial charge >= 0.3 is 0 Å². The van der Waals surface area contributed by atoms with Gasteiger partial charge in [-0.25, -0.2) is 4.98 Å². The zero-order chi connectivity index (χ0) is 27.2. The topological polar surface area (TPSA) is 116 Å². The van der Waals surface area contributed by atoms with E-state index in [0.717, 1.165) is 9.17 Å². The lowest BCUT2D eigenvalue weighted by Crippen LogP contribution is -2.23. The highest BCUT2D eigenvalue weighted by Gasteiger charge is 2.18. The lowest BCUT2D eigenvalue weighted by atomic mass is 10.2. The van der Waals surface area contributed by atoms with Crippen LogP contribution in [0.15, 0.2) is 70.2 Å². The van der Waals surface area contributed by atoms with E-state index in [2.05, 4.69) is 26.0 Å². The number of anilines is 1. The molecule has 0 N–H and O–H groups in total. The summed E-state index contributed by atoms with van der Waals surface area (Å²) in [6.07, 6.45) is 4.37. The molecule has 1 aromatic heterocycles. The number of nitro groups is 1. The van der Waals surface area contributed by atoms with E-state index in [1.807, 2.05) is 18.2 Å². The minimum Gasteiger partial charge on any atom is -0.493 e. The van der Waals surface area contributed by atoms with Crippen LogP contribution in [0.4, 0.5) is 10.8 Å².